The maximum atomic E-state index is 12.3. The summed E-state index contributed by atoms with van der Waals surface area (Å²) in [5, 5.41) is 3.28. The number of nitrogens with zero attached hydrogens (tertiary/aromatic N) is 1. The van der Waals surface area contributed by atoms with Crippen molar-refractivity contribution in [3.8, 4) is 0 Å². The Morgan fingerprint density at radius 3 is 3.00 bits per heavy atom. The quantitative estimate of drug-likeness (QED) is 0.803. The number of likely N-dealkylation sites (N-methyl/N-ethyl adjacent to an activating group) is 1. The van der Waals surface area contributed by atoms with Crippen LogP contribution in [0.2, 0.25) is 0 Å². The van der Waals surface area contributed by atoms with Crippen molar-refractivity contribution in [3.05, 3.63) is 42.5 Å². The first-order valence-electron chi connectivity index (χ1n) is 6.00. The fraction of sp³-hybridized carbons (Fsp3) is 0.357. The van der Waals surface area contributed by atoms with E-state index >= 15 is 0 Å². The van der Waals surface area contributed by atoms with Crippen molar-refractivity contribution in [2.75, 3.05) is 18.4 Å². The Hall–Kier alpha value is -1.77. The Morgan fingerprint density at radius 2 is 2.35 bits per heavy atom. The van der Waals surface area contributed by atoms with Gasteiger partial charge in [-0.3, -0.25) is 4.79 Å². The minimum Gasteiger partial charge on any atom is -0.373 e. The number of carbonyl (C=O) groups excluding carboxylic acids is 1. The first kappa shape index (κ1) is 11.7. The van der Waals surface area contributed by atoms with E-state index in [-0.39, 0.29) is 11.9 Å². The number of hydrogen-bond acceptors (Lipinski definition) is 2. The van der Waals surface area contributed by atoms with Gasteiger partial charge in [0.15, 0.2) is 0 Å². The zero-order valence-corrected chi connectivity index (χ0v) is 10.1. The summed E-state index contributed by atoms with van der Waals surface area (Å²) in [6, 6.07) is 7.97. The maximum absolute atomic E-state index is 12.3. The van der Waals surface area contributed by atoms with Crippen LogP contribution in [0.5, 0.6) is 0 Å². The largest absolute Gasteiger partial charge is 0.373 e. The van der Waals surface area contributed by atoms with Gasteiger partial charge in [-0.1, -0.05) is 24.3 Å². The summed E-state index contributed by atoms with van der Waals surface area (Å²) < 4.78 is 0. The van der Waals surface area contributed by atoms with Gasteiger partial charge >= 0.3 is 0 Å². The fourth-order valence-electron chi connectivity index (χ4n) is 2.20. The highest BCUT2D eigenvalue weighted by atomic mass is 16.2. The number of rotatable bonds is 4. The Morgan fingerprint density at radius 1 is 1.59 bits per heavy atom. The van der Waals surface area contributed by atoms with Crippen molar-refractivity contribution in [2.24, 2.45) is 0 Å². The van der Waals surface area contributed by atoms with E-state index in [1.807, 2.05) is 30.0 Å². The Labute approximate surface area is 102 Å². The van der Waals surface area contributed by atoms with E-state index in [2.05, 4.69) is 18.0 Å². The molecule has 1 amide bonds. The summed E-state index contributed by atoms with van der Waals surface area (Å²) >= 11 is 0. The lowest BCUT2D eigenvalue weighted by Crippen LogP contribution is -2.42. The molecule has 1 aliphatic rings. The van der Waals surface area contributed by atoms with Gasteiger partial charge in [-0.05, 0) is 18.6 Å². The SMILES string of the molecule is C=CCN(CC)C(=O)[C@@H]1Cc2ccccc2N1. The van der Waals surface area contributed by atoms with Gasteiger partial charge in [0.05, 0.1) is 0 Å². The molecule has 17 heavy (non-hydrogen) atoms. The molecule has 1 aromatic carbocycles. The zero-order chi connectivity index (χ0) is 12.3. The molecule has 0 aliphatic carbocycles. The van der Waals surface area contributed by atoms with E-state index in [4.69, 9.17) is 0 Å². The topological polar surface area (TPSA) is 32.3 Å². The van der Waals surface area contributed by atoms with E-state index in [1.54, 1.807) is 6.08 Å². The standard InChI is InChI=1S/C14H18N2O/c1-3-9-16(4-2)14(17)13-10-11-7-5-6-8-12(11)15-13/h3,5-8,13,15H,1,4,9-10H2,2H3/t13-/m0/s1. The maximum Gasteiger partial charge on any atom is 0.245 e. The van der Waals surface area contributed by atoms with Crippen LogP contribution in [0.25, 0.3) is 0 Å². The van der Waals surface area contributed by atoms with Crippen molar-refractivity contribution < 1.29 is 4.79 Å². The molecule has 1 heterocycles. The summed E-state index contributed by atoms with van der Waals surface area (Å²) in [4.78, 5) is 14.1. The van der Waals surface area contributed by atoms with E-state index in [0.717, 1.165) is 18.7 Å². The molecule has 0 spiro atoms. The van der Waals surface area contributed by atoms with Gasteiger partial charge in [0.2, 0.25) is 5.91 Å². The molecule has 1 N–H and O–H groups in total. The molecule has 1 aromatic rings. The molecule has 0 saturated heterocycles. The second-order valence-electron chi connectivity index (χ2n) is 4.22. The molecule has 3 heteroatoms. The van der Waals surface area contributed by atoms with Crippen LogP contribution in [0.3, 0.4) is 0 Å². The number of benzene rings is 1. The van der Waals surface area contributed by atoms with Crippen LogP contribution in [-0.2, 0) is 11.2 Å². The lowest BCUT2D eigenvalue weighted by atomic mass is 10.1. The van der Waals surface area contributed by atoms with Crippen LogP contribution in [0.15, 0.2) is 36.9 Å². The molecule has 90 valence electrons. The third-order valence-electron chi connectivity index (χ3n) is 3.11. The molecule has 3 nitrogen and oxygen atoms in total. The van der Waals surface area contributed by atoms with Gasteiger partial charge in [0.25, 0.3) is 0 Å². The molecule has 0 aromatic heterocycles. The van der Waals surface area contributed by atoms with Crippen molar-refractivity contribution in [1.29, 1.82) is 0 Å². The fourth-order valence-corrected chi connectivity index (χ4v) is 2.20. The number of nitrogens with one attached hydrogen (secondary N) is 1. The number of anilines is 1. The van der Waals surface area contributed by atoms with Crippen LogP contribution in [0, 0.1) is 0 Å². The van der Waals surface area contributed by atoms with Crippen LogP contribution in [0.4, 0.5) is 5.69 Å². The Balaban J connectivity index is 2.07. The molecule has 1 atom stereocenters. The highest BCUT2D eigenvalue weighted by Gasteiger charge is 2.28. The first-order chi connectivity index (χ1) is 8.26. The average Bonchev–Trinajstić information content (AvgIpc) is 2.78. The van der Waals surface area contributed by atoms with E-state index in [0.29, 0.717) is 6.54 Å². The predicted octanol–water partition coefficient (Wildman–Crippen LogP) is 2.06. The van der Waals surface area contributed by atoms with Gasteiger partial charge in [-0.25, -0.2) is 0 Å². The smallest absolute Gasteiger partial charge is 0.245 e. The highest BCUT2D eigenvalue weighted by Crippen LogP contribution is 2.25. The van der Waals surface area contributed by atoms with Crippen LogP contribution in [0.1, 0.15) is 12.5 Å². The number of hydrogen-bond donors (Lipinski definition) is 1. The van der Waals surface area contributed by atoms with E-state index in [1.165, 1.54) is 5.56 Å². The Kier molecular flexibility index (Phi) is 3.47. The van der Waals surface area contributed by atoms with Crippen molar-refractivity contribution in [3.63, 3.8) is 0 Å². The monoisotopic (exact) mass is 230 g/mol. The van der Waals surface area contributed by atoms with Crippen LogP contribution >= 0.6 is 0 Å². The van der Waals surface area contributed by atoms with Gasteiger partial charge in [0, 0.05) is 25.2 Å². The molecule has 2 rings (SSSR count). The lowest BCUT2D eigenvalue weighted by Gasteiger charge is -2.23. The normalized spacial score (nSPS) is 17.1. The predicted molar refractivity (Wildman–Crippen MR) is 70.0 cm³/mol. The lowest BCUT2D eigenvalue weighted by molar-refractivity contribution is -0.131. The van der Waals surface area contributed by atoms with E-state index in [9.17, 15) is 4.79 Å². The number of amides is 1. The molecule has 0 unspecified atom stereocenters. The minimum absolute atomic E-state index is 0.118. The molecule has 0 fully saturated rings. The van der Waals surface area contributed by atoms with Crippen molar-refractivity contribution in [1.82, 2.24) is 4.90 Å². The summed E-state index contributed by atoms with van der Waals surface area (Å²) in [6.07, 6.45) is 2.55. The second-order valence-corrected chi connectivity index (χ2v) is 4.22. The van der Waals surface area contributed by atoms with Crippen molar-refractivity contribution >= 4 is 11.6 Å². The number of carbonyl (C=O) groups is 1. The van der Waals surface area contributed by atoms with Gasteiger partial charge in [-0.15, -0.1) is 6.58 Å². The third kappa shape index (κ3) is 2.33. The van der Waals surface area contributed by atoms with Gasteiger partial charge < -0.3 is 10.2 Å². The minimum atomic E-state index is -0.118. The summed E-state index contributed by atoms with van der Waals surface area (Å²) in [5.41, 5.74) is 2.31. The summed E-state index contributed by atoms with van der Waals surface area (Å²) in [6.45, 7) is 7.01. The molecular formula is C14H18N2O. The second kappa shape index (κ2) is 5.04. The van der Waals surface area contributed by atoms with E-state index < -0.39 is 0 Å². The zero-order valence-electron chi connectivity index (χ0n) is 10.1. The van der Waals surface area contributed by atoms with Crippen LogP contribution < -0.4 is 5.32 Å². The van der Waals surface area contributed by atoms with Crippen LogP contribution in [-0.4, -0.2) is 29.9 Å². The number of para-hydroxylation sites is 1. The molecule has 1 aliphatic heterocycles. The molecule has 0 bridgehead atoms. The molecule has 0 radical (unpaired) electrons. The van der Waals surface area contributed by atoms with Gasteiger partial charge in [-0.2, -0.15) is 0 Å². The third-order valence-corrected chi connectivity index (χ3v) is 3.11. The molecular weight excluding hydrogens is 212 g/mol. The Bertz CT molecular complexity index is 403. The number of fused-ring (bicyclic) bond motifs is 1. The summed E-state index contributed by atoms with van der Waals surface area (Å²) in [7, 11) is 0. The average molecular weight is 230 g/mol. The van der Waals surface area contributed by atoms with Crippen molar-refractivity contribution in [2.45, 2.75) is 19.4 Å². The summed E-state index contributed by atoms with van der Waals surface area (Å²) in [5.74, 6) is 0.156. The molecule has 0 saturated carbocycles. The van der Waals surface area contributed by atoms with Gasteiger partial charge in [0.1, 0.15) is 6.04 Å². The highest BCUT2D eigenvalue weighted by molar-refractivity contribution is 5.87. The first-order valence-corrected chi connectivity index (χ1v) is 6.00.